The highest BCUT2D eigenvalue weighted by Gasteiger charge is 2.31. The number of aliphatic carboxylic acids is 1. The molecule has 2 aromatic carbocycles. The lowest BCUT2D eigenvalue weighted by molar-refractivity contribution is -0.313. The monoisotopic (exact) mass is 338 g/mol. The van der Waals surface area contributed by atoms with Crippen LogP contribution in [0, 0.1) is 11.8 Å². The third-order valence-corrected chi connectivity index (χ3v) is 4.51. The van der Waals surface area contributed by atoms with Gasteiger partial charge >= 0.3 is 0 Å². The summed E-state index contributed by atoms with van der Waals surface area (Å²) in [5.41, 5.74) is 0.619. The van der Waals surface area contributed by atoms with Crippen LogP contribution >= 0.6 is 0 Å². The molecule has 0 aliphatic heterocycles. The van der Waals surface area contributed by atoms with E-state index >= 15 is 0 Å². The number of carbonyl (C=O) groups is 2. The molecule has 0 heterocycles. The Kier molecular flexibility index (Phi) is 5.33. The third-order valence-electron chi connectivity index (χ3n) is 4.51. The van der Waals surface area contributed by atoms with Crippen LogP contribution in [0.15, 0.2) is 54.6 Å². The van der Waals surface area contributed by atoms with E-state index in [1.165, 1.54) is 0 Å². The maximum absolute atomic E-state index is 12.4. The van der Waals surface area contributed by atoms with E-state index in [0.29, 0.717) is 24.3 Å². The summed E-state index contributed by atoms with van der Waals surface area (Å²) in [4.78, 5) is 23.7. The van der Waals surface area contributed by atoms with Crippen molar-refractivity contribution in [2.75, 3.05) is 5.32 Å². The van der Waals surface area contributed by atoms with E-state index < -0.39 is 17.8 Å². The van der Waals surface area contributed by atoms with E-state index in [1.807, 2.05) is 30.3 Å². The standard InChI is InChI=1S/C20H21NO4/c22-19(17-8-4-5-9-18(17)20(23)24)21-14-10-12-16(13-11-14)25-15-6-2-1-3-7-15/h1-3,6-7,10-13,17-18H,4-5,8-9H2,(H,21,22)(H,23,24)/p-1/t17-,18-/m1/s1. The Labute approximate surface area is 146 Å². The van der Waals surface area contributed by atoms with Crippen LogP contribution in [0.4, 0.5) is 5.69 Å². The van der Waals surface area contributed by atoms with Crippen molar-refractivity contribution < 1.29 is 19.4 Å². The van der Waals surface area contributed by atoms with Gasteiger partial charge in [0.25, 0.3) is 0 Å². The zero-order valence-electron chi connectivity index (χ0n) is 13.8. The molecule has 130 valence electrons. The molecule has 0 bridgehead atoms. The summed E-state index contributed by atoms with van der Waals surface area (Å²) in [6.07, 6.45) is 2.78. The summed E-state index contributed by atoms with van der Waals surface area (Å²) in [7, 11) is 0. The van der Waals surface area contributed by atoms with Crippen LogP contribution in [0.2, 0.25) is 0 Å². The van der Waals surface area contributed by atoms with Crippen molar-refractivity contribution in [1.29, 1.82) is 0 Å². The van der Waals surface area contributed by atoms with Crippen molar-refractivity contribution in [3.63, 3.8) is 0 Å². The molecule has 1 fully saturated rings. The highest BCUT2D eigenvalue weighted by Crippen LogP contribution is 2.31. The van der Waals surface area contributed by atoms with Gasteiger partial charge in [0.2, 0.25) is 5.91 Å². The van der Waals surface area contributed by atoms with Crippen molar-refractivity contribution in [3.05, 3.63) is 54.6 Å². The summed E-state index contributed by atoms with van der Waals surface area (Å²) in [6.45, 7) is 0. The lowest BCUT2D eigenvalue weighted by atomic mass is 9.78. The molecule has 2 atom stereocenters. The molecule has 1 N–H and O–H groups in total. The molecule has 2 aromatic rings. The molecule has 5 nitrogen and oxygen atoms in total. The van der Waals surface area contributed by atoms with Crippen LogP contribution in [0.25, 0.3) is 0 Å². The van der Waals surface area contributed by atoms with Crippen molar-refractivity contribution in [3.8, 4) is 11.5 Å². The lowest BCUT2D eigenvalue weighted by Gasteiger charge is -2.31. The second kappa shape index (κ2) is 7.83. The van der Waals surface area contributed by atoms with Crippen LogP contribution in [0.5, 0.6) is 11.5 Å². The number of carbonyl (C=O) groups excluding carboxylic acids is 2. The summed E-state index contributed by atoms with van der Waals surface area (Å²) in [6, 6.07) is 16.4. The number of para-hydroxylation sites is 1. The van der Waals surface area contributed by atoms with E-state index in [1.54, 1.807) is 24.3 Å². The molecule has 0 unspecified atom stereocenters. The van der Waals surface area contributed by atoms with E-state index in [2.05, 4.69) is 5.32 Å². The van der Waals surface area contributed by atoms with Gasteiger partial charge < -0.3 is 20.0 Å². The summed E-state index contributed by atoms with van der Waals surface area (Å²) >= 11 is 0. The number of amides is 1. The largest absolute Gasteiger partial charge is 0.550 e. The van der Waals surface area contributed by atoms with Crippen LogP contribution < -0.4 is 15.2 Å². The first-order valence-electron chi connectivity index (χ1n) is 8.48. The minimum absolute atomic E-state index is 0.259. The van der Waals surface area contributed by atoms with Gasteiger partial charge in [0, 0.05) is 23.5 Å². The SMILES string of the molecule is O=C([O-])[C@@H]1CCCC[C@H]1C(=O)Nc1ccc(Oc2ccccc2)cc1. The number of hydrogen-bond acceptors (Lipinski definition) is 4. The number of carboxylic acids is 1. The quantitative estimate of drug-likeness (QED) is 0.909. The van der Waals surface area contributed by atoms with Crippen LogP contribution in [0.3, 0.4) is 0 Å². The Bertz CT molecular complexity index is 727. The van der Waals surface area contributed by atoms with Gasteiger partial charge in [-0.3, -0.25) is 4.79 Å². The Hall–Kier alpha value is -2.82. The first-order chi connectivity index (χ1) is 12.1. The Morgan fingerprint density at radius 3 is 2.12 bits per heavy atom. The van der Waals surface area contributed by atoms with Crippen LogP contribution in [-0.4, -0.2) is 11.9 Å². The molecular weight excluding hydrogens is 318 g/mol. The molecule has 0 radical (unpaired) electrons. The Morgan fingerprint density at radius 2 is 1.48 bits per heavy atom. The van der Waals surface area contributed by atoms with Crippen LogP contribution in [0.1, 0.15) is 25.7 Å². The van der Waals surface area contributed by atoms with E-state index in [0.717, 1.165) is 18.6 Å². The molecule has 0 aromatic heterocycles. The summed E-state index contributed by atoms with van der Waals surface area (Å²) in [5, 5.41) is 14.0. The zero-order chi connectivity index (χ0) is 17.6. The van der Waals surface area contributed by atoms with Crippen molar-refractivity contribution in [1.82, 2.24) is 0 Å². The first-order valence-corrected chi connectivity index (χ1v) is 8.48. The highest BCUT2D eigenvalue weighted by molar-refractivity contribution is 5.95. The fourth-order valence-corrected chi connectivity index (χ4v) is 3.19. The lowest BCUT2D eigenvalue weighted by Crippen LogP contribution is -2.42. The molecule has 3 rings (SSSR count). The number of nitrogens with one attached hydrogen (secondary N) is 1. The van der Waals surface area contributed by atoms with Crippen molar-refractivity contribution >= 4 is 17.6 Å². The second-order valence-electron chi connectivity index (χ2n) is 6.25. The Balaban J connectivity index is 1.62. The third kappa shape index (κ3) is 4.38. The number of carboxylic acid groups (broad SMARTS) is 1. The molecule has 1 aliphatic carbocycles. The van der Waals surface area contributed by atoms with E-state index in [4.69, 9.17) is 4.74 Å². The maximum atomic E-state index is 12.4. The number of hydrogen-bond donors (Lipinski definition) is 1. The predicted octanol–water partition coefficient (Wildman–Crippen LogP) is 2.97. The zero-order valence-corrected chi connectivity index (χ0v) is 13.8. The number of rotatable bonds is 5. The second-order valence-corrected chi connectivity index (χ2v) is 6.25. The normalized spacial score (nSPS) is 19.8. The van der Waals surface area contributed by atoms with Gasteiger partial charge in [-0.25, -0.2) is 0 Å². The van der Waals surface area contributed by atoms with Gasteiger partial charge in [-0.2, -0.15) is 0 Å². The average Bonchev–Trinajstić information content (AvgIpc) is 2.64. The first kappa shape index (κ1) is 17.0. The molecular formula is C20H20NO4-. The summed E-state index contributed by atoms with van der Waals surface area (Å²) < 4.78 is 5.70. The smallest absolute Gasteiger partial charge is 0.228 e. The maximum Gasteiger partial charge on any atom is 0.228 e. The number of anilines is 1. The van der Waals surface area contributed by atoms with Gasteiger partial charge in [0.15, 0.2) is 0 Å². The highest BCUT2D eigenvalue weighted by atomic mass is 16.5. The van der Waals surface area contributed by atoms with Gasteiger partial charge in [-0.05, 0) is 49.2 Å². The van der Waals surface area contributed by atoms with E-state index in [-0.39, 0.29) is 5.91 Å². The average molecular weight is 338 g/mol. The minimum Gasteiger partial charge on any atom is -0.550 e. The predicted molar refractivity (Wildman–Crippen MR) is 92.0 cm³/mol. The van der Waals surface area contributed by atoms with Gasteiger partial charge in [-0.15, -0.1) is 0 Å². The number of benzene rings is 2. The molecule has 25 heavy (non-hydrogen) atoms. The molecule has 1 amide bonds. The van der Waals surface area contributed by atoms with Crippen molar-refractivity contribution in [2.45, 2.75) is 25.7 Å². The van der Waals surface area contributed by atoms with Crippen LogP contribution in [-0.2, 0) is 9.59 Å². The van der Waals surface area contributed by atoms with E-state index in [9.17, 15) is 14.7 Å². The Morgan fingerprint density at radius 1 is 0.880 bits per heavy atom. The van der Waals surface area contributed by atoms with Gasteiger partial charge in [-0.1, -0.05) is 31.0 Å². The fraction of sp³-hybridized carbons (Fsp3) is 0.300. The fourth-order valence-electron chi connectivity index (χ4n) is 3.19. The minimum atomic E-state index is -1.13. The molecule has 0 spiro atoms. The van der Waals surface area contributed by atoms with Gasteiger partial charge in [0.1, 0.15) is 11.5 Å². The van der Waals surface area contributed by atoms with Crippen molar-refractivity contribution in [2.24, 2.45) is 11.8 Å². The van der Waals surface area contributed by atoms with Gasteiger partial charge in [0.05, 0.1) is 0 Å². The molecule has 1 aliphatic rings. The summed E-state index contributed by atoms with van der Waals surface area (Å²) in [5.74, 6) is -1.22. The number of ether oxygens (including phenoxy) is 1. The topological polar surface area (TPSA) is 78.5 Å². The molecule has 1 saturated carbocycles. The molecule has 5 heteroatoms. The molecule has 0 saturated heterocycles.